The van der Waals surface area contributed by atoms with Crippen LogP contribution in [0.3, 0.4) is 0 Å². The summed E-state index contributed by atoms with van der Waals surface area (Å²) in [5, 5.41) is 0. The topological polar surface area (TPSA) is 64.5 Å². The first-order valence-corrected chi connectivity index (χ1v) is 4.91. The van der Waals surface area contributed by atoms with Gasteiger partial charge >= 0.3 is 0 Å². The van der Waals surface area contributed by atoms with Crippen molar-refractivity contribution >= 4 is 5.69 Å². The van der Waals surface area contributed by atoms with E-state index in [4.69, 9.17) is 16.2 Å². The quantitative estimate of drug-likeness (QED) is 0.767. The second kappa shape index (κ2) is 5.00. The van der Waals surface area contributed by atoms with Crippen LogP contribution in [0.15, 0.2) is 18.2 Å². The van der Waals surface area contributed by atoms with Crippen molar-refractivity contribution < 1.29 is 4.74 Å². The average molecular weight is 209 g/mol. The Morgan fingerprint density at radius 2 is 2.07 bits per heavy atom. The molecule has 4 N–H and O–H groups in total. The smallest absolute Gasteiger partial charge is 0.125 e. The van der Waals surface area contributed by atoms with Gasteiger partial charge in [0.1, 0.15) is 5.75 Å². The number of hydrogen-bond donors (Lipinski definition) is 2. The molecular formula is C11H19N3O. The van der Waals surface area contributed by atoms with E-state index in [9.17, 15) is 0 Å². The number of benzene rings is 1. The molecule has 0 amide bonds. The molecule has 1 atom stereocenters. The van der Waals surface area contributed by atoms with E-state index in [0.717, 1.165) is 17.0 Å². The van der Waals surface area contributed by atoms with Crippen molar-refractivity contribution in [3.05, 3.63) is 23.8 Å². The normalized spacial score (nSPS) is 12.3. The summed E-state index contributed by atoms with van der Waals surface area (Å²) >= 11 is 0. The van der Waals surface area contributed by atoms with E-state index in [0.29, 0.717) is 6.54 Å². The lowest BCUT2D eigenvalue weighted by Gasteiger charge is -2.18. The molecule has 4 heteroatoms. The fraction of sp³-hybridized carbons (Fsp3) is 0.455. The van der Waals surface area contributed by atoms with Gasteiger partial charge in [0.2, 0.25) is 0 Å². The highest BCUT2D eigenvalue weighted by atomic mass is 16.5. The molecule has 84 valence electrons. The summed E-state index contributed by atoms with van der Waals surface area (Å²) in [5.41, 5.74) is 13.4. The summed E-state index contributed by atoms with van der Waals surface area (Å²) in [7, 11) is 5.61. The molecule has 0 saturated carbocycles. The average Bonchev–Trinajstić information content (AvgIpc) is 2.27. The van der Waals surface area contributed by atoms with Gasteiger partial charge in [0.05, 0.1) is 7.11 Å². The predicted octanol–water partition coefficient (Wildman–Crippen LogP) is 0.720. The molecule has 0 aliphatic heterocycles. The van der Waals surface area contributed by atoms with E-state index < -0.39 is 0 Å². The van der Waals surface area contributed by atoms with Crippen LogP contribution in [0, 0.1) is 0 Å². The Morgan fingerprint density at radius 1 is 1.40 bits per heavy atom. The van der Waals surface area contributed by atoms with Crippen molar-refractivity contribution in [3.8, 4) is 5.75 Å². The summed E-state index contributed by atoms with van der Waals surface area (Å²) in [4.78, 5) is 2.01. The number of hydrogen-bond acceptors (Lipinski definition) is 4. The van der Waals surface area contributed by atoms with E-state index in [1.54, 1.807) is 7.11 Å². The number of nitrogens with zero attached hydrogens (tertiary/aromatic N) is 1. The Balaban J connectivity index is 3.09. The number of rotatable bonds is 4. The van der Waals surface area contributed by atoms with Crippen molar-refractivity contribution in [1.29, 1.82) is 0 Å². The maximum atomic E-state index is 5.88. The maximum Gasteiger partial charge on any atom is 0.125 e. The van der Waals surface area contributed by atoms with E-state index in [1.807, 2.05) is 37.2 Å². The fourth-order valence-electron chi connectivity index (χ4n) is 1.41. The van der Waals surface area contributed by atoms with Crippen LogP contribution in [0.2, 0.25) is 0 Å². The zero-order valence-electron chi connectivity index (χ0n) is 9.53. The van der Waals surface area contributed by atoms with Crippen molar-refractivity contribution in [2.24, 2.45) is 11.5 Å². The fourth-order valence-corrected chi connectivity index (χ4v) is 1.41. The lowest BCUT2D eigenvalue weighted by Crippen LogP contribution is -2.21. The van der Waals surface area contributed by atoms with Crippen LogP contribution in [-0.2, 0) is 0 Å². The molecule has 0 unspecified atom stereocenters. The largest absolute Gasteiger partial charge is 0.496 e. The van der Waals surface area contributed by atoms with Crippen LogP contribution in [-0.4, -0.2) is 27.7 Å². The van der Waals surface area contributed by atoms with Crippen molar-refractivity contribution in [2.75, 3.05) is 32.6 Å². The molecule has 0 aromatic heterocycles. The number of ether oxygens (including phenoxy) is 1. The van der Waals surface area contributed by atoms with Crippen molar-refractivity contribution in [3.63, 3.8) is 0 Å². The molecule has 15 heavy (non-hydrogen) atoms. The first-order valence-electron chi connectivity index (χ1n) is 4.91. The number of nitrogens with two attached hydrogens (primary N) is 2. The Hall–Kier alpha value is -1.26. The lowest BCUT2D eigenvalue weighted by molar-refractivity contribution is 0.406. The van der Waals surface area contributed by atoms with Gasteiger partial charge in [-0.15, -0.1) is 0 Å². The predicted molar refractivity (Wildman–Crippen MR) is 63.3 cm³/mol. The summed E-state index contributed by atoms with van der Waals surface area (Å²) in [5.74, 6) is 0.791. The third-order valence-corrected chi connectivity index (χ3v) is 2.39. The van der Waals surface area contributed by atoms with E-state index in [-0.39, 0.29) is 6.04 Å². The van der Waals surface area contributed by atoms with Crippen LogP contribution in [0.5, 0.6) is 5.75 Å². The molecule has 0 heterocycles. The van der Waals surface area contributed by atoms with Crippen LogP contribution in [0.25, 0.3) is 0 Å². The highest BCUT2D eigenvalue weighted by molar-refractivity contribution is 5.53. The van der Waals surface area contributed by atoms with E-state index >= 15 is 0 Å². The molecule has 0 fully saturated rings. The van der Waals surface area contributed by atoms with Gasteiger partial charge < -0.3 is 21.1 Å². The summed E-state index contributed by atoms with van der Waals surface area (Å²) in [6.07, 6.45) is 0. The Labute approximate surface area is 90.8 Å². The van der Waals surface area contributed by atoms with Crippen LogP contribution in [0.1, 0.15) is 11.6 Å². The van der Waals surface area contributed by atoms with Crippen LogP contribution >= 0.6 is 0 Å². The second-order valence-electron chi connectivity index (χ2n) is 3.66. The molecule has 0 aliphatic carbocycles. The van der Waals surface area contributed by atoms with Gasteiger partial charge in [0.15, 0.2) is 0 Å². The minimum absolute atomic E-state index is 0.170. The molecular weight excluding hydrogens is 190 g/mol. The highest BCUT2D eigenvalue weighted by Gasteiger charge is 2.11. The van der Waals surface area contributed by atoms with Crippen LogP contribution < -0.4 is 21.1 Å². The molecule has 0 spiro atoms. The summed E-state index contributed by atoms with van der Waals surface area (Å²) in [6.45, 7) is 0.414. The first-order chi connectivity index (χ1) is 7.10. The number of anilines is 1. The molecule has 0 radical (unpaired) electrons. The summed E-state index contributed by atoms with van der Waals surface area (Å²) in [6, 6.07) is 5.76. The zero-order chi connectivity index (χ0) is 11.4. The molecule has 0 bridgehead atoms. The summed E-state index contributed by atoms with van der Waals surface area (Å²) < 4.78 is 5.30. The van der Waals surface area contributed by atoms with Gasteiger partial charge in [-0.05, 0) is 6.07 Å². The minimum atomic E-state index is -0.170. The highest BCUT2D eigenvalue weighted by Crippen LogP contribution is 2.27. The van der Waals surface area contributed by atoms with Crippen molar-refractivity contribution in [2.45, 2.75) is 6.04 Å². The molecule has 1 aromatic rings. The molecule has 1 rings (SSSR count). The monoisotopic (exact) mass is 209 g/mol. The third kappa shape index (κ3) is 2.61. The van der Waals surface area contributed by atoms with Gasteiger partial charge in [0, 0.05) is 44.0 Å². The third-order valence-electron chi connectivity index (χ3n) is 2.39. The SMILES string of the molecule is COc1cc(N(C)C)ccc1[C@@H](N)CN. The van der Waals surface area contributed by atoms with Gasteiger partial charge in [-0.25, -0.2) is 0 Å². The molecule has 0 aliphatic rings. The Bertz CT molecular complexity index is 326. The zero-order valence-corrected chi connectivity index (χ0v) is 9.53. The molecule has 0 saturated heterocycles. The van der Waals surface area contributed by atoms with Gasteiger partial charge in [0.25, 0.3) is 0 Å². The second-order valence-corrected chi connectivity index (χ2v) is 3.66. The Kier molecular flexibility index (Phi) is 3.94. The Morgan fingerprint density at radius 3 is 2.53 bits per heavy atom. The first kappa shape index (κ1) is 11.8. The van der Waals surface area contributed by atoms with Gasteiger partial charge in [-0.2, -0.15) is 0 Å². The number of methoxy groups -OCH3 is 1. The minimum Gasteiger partial charge on any atom is -0.496 e. The van der Waals surface area contributed by atoms with Crippen LogP contribution in [0.4, 0.5) is 5.69 Å². The van der Waals surface area contributed by atoms with E-state index in [2.05, 4.69) is 0 Å². The molecule has 1 aromatic carbocycles. The van der Waals surface area contributed by atoms with Crippen molar-refractivity contribution in [1.82, 2.24) is 0 Å². The molecule has 4 nitrogen and oxygen atoms in total. The maximum absolute atomic E-state index is 5.88. The standard InChI is InChI=1S/C11H19N3O/c1-14(2)8-4-5-9(10(13)7-12)11(6-8)15-3/h4-6,10H,7,12-13H2,1-3H3/t10-/m0/s1. The van der Waals surface area contributed by atoms with Gasteiger partial charge in [-0.1, -0.05) is 6.07 Å². The van der Waals surface area contributed by atoms with E-state index in [1.165, 1.54) is 0 Å². The lowest BCUT2D eigenvalue weighted by atomic mass is 10.1. The van der Waals surface area contributed by atoms with Gasteiger partial charge in [-0.3, -0.25) is 0 Å².